The van der Waals surface area contributed by atoms with Crippen molar-refractivity contribution < 1.29 is 4.79 Å². The van der Waals surface area contributed by atoms with Crippen molar-refractivity contribution in [1.29, 1.82) is 0 Å². The highest BCUT2D eigenvalue weighted by molar-refractivity contribution is 14.0. The number of hydrogen-bond acceptors (Lipinski definition) is 3. The molecular weight excluding hydrogens is 489 g/mol. The molecule has 7 heteroatoms. The summed E-state index contributed by atoms with van der Waals surface area (Å²) >= 11 is 0. The van der Waals surface area contributed by atoms with Gasteiger partial charge < -0.3 is 20.4 Å². The molecule has 1 aromatic rings. The number of nitrogens with zero attached hydrogens (tertiary/aromatic N) is 3. The normalized spacial score (nSPS) is 20.2. The van der Waals surface area contributed by atoms with Crippen LogP contribution in [0, 0.1) is 5.92 Å². The number of benzene rings is 1. The van der Waals surface area contributed by atoms with Crippen LogP contribution in [0.2, 0.25) is 0 Å². The molecule has 30 heavy (non-hydrogen) atoms. The molecular formula is C23H38IN5O. The smallest absolute Gasteiger partial charge is 0.225 e. The van der Waals surface area contributed by atoms with Gasteiger partial charge in [-0.3, -0.25) is 9.79 Å². The third-order valence-electron chi connectivity index (χ3n) is 6.10. The molecule has 2 aliphatic rings. The number of nitrogens with one attached hydrogen (secondary N) is 2. The lowest BCUT2D eigenvalue weighted by Crippen LogP contribution is -2.47. The molecule has 168 valence electrons. The fraction of sp³-hybridized carbons (Fsp3) is 0.652. The Morgan fingerprint density at radius 3 is 2.60 bits per heavy atom. The number of carbonyl (C=O) groups is 1. The van der Waals surface area contributed by atoms with Crippen molar-refractivity contribution in [2.45, 2.75) is 51.1 Å². The van der Waals surface area contributed by atoms with Gasteiger partial charge in [0, 0.05) is 51.7 Å². The first-order chi connectivity index (χ1) is 14.2. The van der Waals surface area contributed by atoms with Crippen LogP contribution in [-0.4, -0.2) is 68.0 Å². The van der Waals surface area contributed by atoms with E-state index < -0.39 is 0 Å². The summed E-state index contributed by atoms with van der Waals surface area (Å²) in [4.78, 5) is 21.5. The summed E-state index contributed by atoms with van der Waals surface area (Å²) in [6.07, 6.45) is 6.85. The molecule has 6 nitrogen and oxygen atoms in total. The average molecular weight is 527 g/mol. The fourth-order valence-electron chi connectivity index (χ4n) is 4.41. The molecule has 0 bridgehead atoms. The van der Waals surface area contributed by atoms with E-state index in [4.69, 9.17) is 0 Å². The van der Waals surface area contributed by atoms with Gasteiger partial charge in [-0.1, -0.05) is 49.6 Å². The summed E-state index contributed by atoms with van der Waals surface area (Å²) < 4.78 is 0. The van der Waals surface area contributed by atoms with Gasteiger partial charge in [0.15, 0.2) is 5.96 Å². The van der Waals surface area contributed by atoms with Crippen molar-refractivity contribution in [3.63, 3.8) is 0 Å². The molecule has 1 unspecified atom stereocenters. The molecule has 1 aliphatic heterocycles. The molecule has 1 heterocycles. The van der Waals surface area contributed by atoms with Gasteiger partial charge in [-0.2, -0.15) is 0 Å². The van der Waals surface area contributed by atoms with Crippen LogP contribution in [0.25, 0.3) is 0 Å². The van der Waals surface area contributed by atoms with E-state index in [1.54, 1.807) is 0 Å². The van der Waals surface area contributed by atoms with Crippen LogP contribution in [0.3, 0.4) is 0 Å². The number of hydrogen-bond donors (Lipinski definition) is 2. The Balaban J connectivity index is 0.00000320. The zero-order valence-corrected chi connectivity index (χ0v) is 20.8. The van der Waals surface area contributed by atoms with Crippen LogP contribution in [-0.2, 0) is 11.3 Å². The first kappa shape index (κ1) is 24.9. The Bertz CT molecular complexity index is 663. The Kier molecular flexibility index (Phi) is 10.9. The summed E-state index contributed by atoms with van der Waals surface area (Å²) in [5.41, 5.74) is 1.33. The number of likely N-dealkylation sites (N-methyl/N-ethyl adjacent to an activating group) is 1. The Hall–Kier alpha value is -1.35. The van der Waals surface area contributed by atoms with Crippen molar-refractivity contribution in [3.05, 3.63) is 35.9 Å². The second kappa shape index (κ2) is 13.1. The van der Waals surface area contributed by atoms with Crippen LogP contribution >= 0.6 is 24.0 Å². The maximum absolute atomic E-state index is 12.7. The predicted molar refractivity (Wildman–Crippen MR) is 134 cm³/mol. The molecule has 1 amide bonds. The molecule has 2 N–H and O–H groups in total. The van der Waals surface area contributed by atoms with Gasteiger partial charge in [0.05, 0.1) is 0 Å². The number of rotatable bonds is 7. The standard InChI is InChI=1S/C23H37N5O.HI/c1-24-23(25-14-16-27(2)17-19-9-5-3-6-10-19)26-21-13-15-28(18-21)22(29)20-11-7-4-8-12-20;/h3,5-6,9-10,20-21H,4,7-8,11-18H2,1-2H3,(H2,24,25,26);1H. The van der Waals surface area contributed by atoms with E-state index in [1.165, 1.54) is 24.8 Å². The van der Waals surface area contributed by atoms with E-state index in [0.29, 0.717) is 5.91 Å². The minimum absolute atomic E-state index is 0. The van der Waals surface area contributed by atoms with Gasteiger partial charge in [0.2, 0.25) is 5.91 Å². The van der Waals surface area contributed by atoms with Crippen LogP contribution in [0.5, 0.6) is 0 Å². The van der Waals surface area contributed by atoms with Gasteiger partial charge in [0.1, 0.15) is 0 Å². The topological polar surface area (TPSA) is 60.0 Å². The Morgan fingerprint density at radius 1 is 1.17 bits per heavy atom. The van der Waals surface area contributed by atoms with E-state index in [2.05, 4.69) is 56.7 Å². The SMILES string of the molecule is CN=C(NCCN(C)Cc1ccccc1)NC1CCN(C(=O)C2CCCCC2)C1.I. The van der Waals surface area contributed by atoms with Crippen molar-refractivity contribution in [1.82, 2.24) is 20.4 Å². The zero-order chi connectivity index (χ0) is 20.5. The fourth-order valence-corrected chi connectivity index (χ4v) is 4.41. The summed E-state index contributed by atoms with van der Waals surface area (Å²) in [5, 5.41) is 6.92. The summed E-state index contributed by atoms with van der Waals surface area (Å²) in [7, 11) is 3.94. The molecule has 1 saturated carbocycles. The molecule has 3 rings (SSSR count). The van der Waals surface area contributed by atoms with Crippen LogP contribution in [0.4, 0.5) is 0 Å². The van der Waals surface area contributed by atoms with Crippen LogP contribution in [0.15, 0.2) is 35.3 Å². The summed E-state index contributed by atoms with van der Waals surface area (Å²) in [6.45, 7) is 4.37. The van der Waals surface area contributed by atoms with Crippen molar-refractivity contribution in [2.75, 3.05) is 40.3 Å². The lowest BCUT2D eigenvalue weighted by Gasteiger charge is -2.26. The highest BCUT2D eigenvalue weighted by atomic mass is 127. The van der Waals surface area contributed by atoms with Crippen molar-refractivity contribution in [2.24, 2.45) is 10.9 Å². The number of guanidine groups is 1. The van der Waals surface area contributed by atoms with E-state index >= 15 is 0 Å². The third kappa shape index (κ3) is 7.72. The molecule has 2 fully saturated rings. The van der Waals surface area contributed by atoms with Gasteiger partial charge in [-0.25, -0.2) is 0 Å². The molecule has 0 aromatic heterocycles. The van der Waals surface area contributed by atoms with Crippen LogP contribution < -0.4 is 10.6 Å². The van der Waals surface area contributed by atoms with Crippen molar-refractivity contribution >= 4 is 35.8 Å². The predicted octanol–water partition coefficient (Wildman–Crippen LogP) is 3.08. The van der Waals surface area contributed by atoms with Crippen molar-refractivity contribution in [3.8, 4) is 0 Å². The maximum atomic E-state index is 12.7. The molecule has 1 atom stereocenters. The summed E-state index contributed by atoms with van der Waals surface area (Å²) in [5.74, 6) is 1.47. The first-order valence-electron chi connectivity index (χ1n) is 11.1. The van der Waals surface area contributed by atoms with E-state index in [9.17, 15) is 4.79 Å². The Morgan fingerprint density at radius 2 is 1.90 bits per heavy atom. The van der Waals surface area contributed by atoms with Gasteiger partial charge in [0.25, 0.3) is 0 Å². The van der Waals surface area contributed by atoms with E-state index in [0.717, 1.165) is 57.9 Å². The first-order valence-corrected chi connectivity index (χ1v) is 11.1. The zero-order valence-electron chi connectivity index (χ0n) is 18.5. The molecule has 0 radical (unpaired) electrons. The number of halogens is 1. The van der Waals surface area contributed by atoms with E-state index in [1.807, 2.05) is 13.1 Å². The molecule has 0 spiro atoms. The van der Waals surface area contributed by atoms with Gasteiger partial charge >= 0.3 is 0 Å². The highest BCUT2D eigenvalue weighted by Gasteiger charge is 2.31. The second-order valence-electron chi connectivity index (χ2n) is 8.47. The molecule has 1 aliphatic carbocycles. The minimum Gasteiger partial charge on any atom is -0.355 e. The monoisotopic (exact) mass is 527 g/mol. The number of carbonyl (C=O) groups excluding carboxylic acids is 1. The lowest BCUT2D eigenvalue weighted by molar-refractivity contribution is -0.135. The quantitative estimate of drug-likeness (QED) is 0.325. The Labute approximate surface area is 198 Å². The summed E-state index contributed by atoms with van der Waals surface area (Å²) in [6, 6.07) is 10.8. The van der Waals surface area contributed by atoms with E-state index in [-0.39, 0.29) is 35.9 Å². The number of likely N-dealkylation sites (tertiary alicyclic amines) is 1. The average Bonchev–Trinajstić information content (AvgIpc) is 3.22. The number of amides is 1. The second-order valence-corrected chi connectivity index (χ2v) is 8.47. The van der Waals surface area contributed by atoms with Crippen LogP contribution in [0.1, 0.15) is 44.1 Å². The molecule has 1 aromatic carbocycles. The lowest BCUT2D eigenvalue weighted by atomic mass is 9.88. The maximum Gasteiger partial charge on any atom is 0.225 e. The molecule has 1 saturated heterocycles. The van der Waals surface area contributed by atoms with Gasteiger partial charge in [-0.15, -0.1) is 24.0 Å². The number of aliphatic imine (C=N–C) groups is 1. The third-order valence-corrected chi connectivity index (χ3v) is 6.10. The minimum atomic E-state index is 0. The van der Waals surface area contributed by atoms with Gasteiger partial charge in [-0.05, 0) is 31.9 Å². The highest BCUT2D eigenvalue weighted by Crippen LogP contribution is 2.26. The largest absolute Gasteiger partial charge is 0.355 e.